The van der Waals surface area contributed by atoms with Gasteiger partial charge in [0.1, 0.15) is 17.8 Å². The van der Waals surface area contributed by atoms with E-state index >= 15 is 0 Å². The van der Waals surface area contributed by atoms with E-state index < -0.39 is 22.8 Å². The molecule has 12 heteroatoms. The molecule has 5 N–H and O–H groups in total. The van der Waals surface area contributed by atoms with Gasteiger partial charge in [0, 0.05) is 4.91 Å². The molecule has 0 unspecified atom stereocenters. The second kappa shape index (κ2) is 5.59. The third-order valence-electron chi connectivity index (χ3n) is 3.39. The van der Waals surface area contributed by atoms with Crippen LogP contribution in [0.5, 0.6) is 0 Å². The Hall–Kier alpha value is -2.11. The highest BCUT2D eigenvalue weighted by Crippen LogP contribution is 2.45. The van der Waals surface area contributed by atoms with Gasteiger partial charge in [-0.1, -0.05) is 0 Å². The molecule has 1 saturated heterocycles. The first-order valence-corrected chi connectivity index (χ1v) is 7.18. The van der Waals surface area contributed by atoms with Gasteiger partial charge in [0.25, 0.3) is 0 Å². The molecule has 0 saturated carbocycles. The van der Waals surface area contributed by atoms with Crippen LogP contribution in [0.15, 0.2) is 11.4 Å². The van der Waals surface area contributed by atoms with Crippen molar-refractivity contribution in [2.24, 2.45) is 5.11 Å². The zero-order chi connectivity index (χ0) is 15.9. The fourth-order valence-electron chi connectivity index (χ4n) is 2.35. The maximum atomic E-state index is 10.2. The second-order valence-corrected chi connectivity index (χ2v) is 5.99. The van der Waals surface area contributed by atoms with Crippen molar-refractivity contribution in [3.63, 3.8) is 0 Å². The molecule has 1 aliphatic rings. The molecule has 2 aromatic rings. The number of azide groups is 1. The monoisotopic (exact) mass is 324 g/mol. The molecule has 3 heterocycles. The maximum absolute atomic E-state index is 10.2. The van der Waals surface area contributed by atoms with Crippen molar-refractivity contribution in [2.75, 3.05) is 12.3 Å². The quantitative estimate of drug-likeness (QED) is 0.336. The first-order valence-electron chi connectivity index (χ1n) is 6.24. The van der Waals surface area contributed by atoms with E-state index in [2.05, 4.69) is 25.0 Å². The van der Waals surface area contributed by atoms with Crippen molar-refractivity contribution in [1.29, 1.82) is 0 Å². The van der Waals surface area contributed by atoms with E-state index in [1.807, 2.05) is 0 Å². The van der Waals surface area contributed by atoms with Gasteiger partial charge in [0.2, 0.25) is 0 Å². The molecule has 1 aliphatic heterocycles. The van der Waals surface area contributed by atoms with Crippen LogP contribution in [-0.2, 0) is 0 Å². The summed E-state index contributed by atoms with van der Waals surface area (Å²) >= 11 is 1.13. The first kappa shape index (κ1) is 14.8. The normalized spacial score (nSPS) is 28.0. The number of nitrogens with zero attached hydrogens (tertiary/aromatic N) is 7. The lowest BCUT2D eigenvalue weighted by Gasteiger charge is -2.18. The summed E-state index contributed by atoms with van der Waals surface area (Å²) in [6.45, 7) is -0.306. The van der Waals surface area contributed by atoms with E-state index in [9.17, 15) is 15.3 Å². The summed E-state index contributed by atoms with van der Waals surface area (Å²) in [7, 11) is 0. The molecular formula is C10H12N8O3S. The third kappa shape index (κ3) is 2.14. The highest BCUT2D eigenvalue weighted by Gasteiger charge is 2.44. The molecule has 116 valence electrons. The van der Waals surface area contributed by atoms with Crippen molar-refractivity contribution < 1.29 is 15.3 Å². The Bertz CT molecular complexity index is 760. The Morgan fingerprint density at radius 2 is 2.18 bits per heavy atom. The average molecular weight is 324 g/mol. The third-order valence-corrected chi connectivity index (χ3v) is 4.94. The summed E-state index contributed by atoms with van der Waals surface area (Å²) in [5.41, 5.74) is 14.9. The van der Waals surface area contributed by atoms with Crippen LogP contribution in [0.4, 0.5) is 11.8 Å². The standard InChI is InChI=1S/C10H12N8O3S/c11-7-4-8(14-2-13-7)18(10(15-4)16-17-12)9-6(21)5(20)3(1-19)22-9/h2-3,5-6,9,19-21H,1H2,(H2,11,13,14)/t3-,5-,6-,9-/m1/s1. The molecule has 0 aliphatic carbocycles. The van der Waals surface area contributed by atoms with Gasteiger partial charge in [-0.3, -0.25) is 4.57 Å². The predicted molar refractivity (Wildman–Crippen MR) is 78.1 cm³/mol. The fraction of sp³-hybridized carbons (Fsp3) is 0.500. The van der Waals surface area contributed by atoms with Gasteiger partial charge >= 0.3 is 0 Å². The molecule has 0 amide bonds. The minimum absolute atomic E-state index is 0.0490. The average Bonchev–Trinajstić information content (AvgIpc) is 3.00. The topological polar surface area (TPSA) is 179 Å². The van der Waals surface area contributed by atoms with Crippen LogP contribution in [-0.4, -0.2) is 58.9 Å². The number of nitrogen functional groups attached to an aromatic ring is 1. The van der Waals surface area contributed by atoms with Crippen molar-refractivity contribution in [2.45, 2.75) is 22.8 Å². The zero-order valence-electron chi connectivity index (χ0n) is 11.1. The SMILES string of the molecule is [N-]=[N+]=Nc1nc2c(N)ncnc2n1[C@@H]1S[C@H](CO)[C@@H](O)[C@H]1O. The number of hydrogen-bond acceptors (Lipinski definition) is 9. The van der Waals surface area contributed by atoms with Crippen LogP contribution in [0.2, 0.25) is 0 Å². The molecule has 11 nitrogen and oxygen atoms in total. The molecule has 0 bridgehead atoms. The lowest BCUT2D eigenvalue weighted by atomic mass is 10.1. The number of aromatic nitrogens is 4. The van der Waals surface area contributed by atoms with Gasteiger partial charge in [0.15, 0.2) is 22.9 Å². The number of aliphatic hydroxyl groups excluding tert-OH is 3. The second-order valence-electron chi connectivity index (χ2n) is 4.63. The number of thioether (sulfide) groups is 1. The van der Waals surface area contributed by atoms with Crippen molar-refractivity contribution in [1.82, 2.24) is 19.5 Å². The maximum Gasteiger partial charge on any atom is 0.200 e. The number of fused-ring (bicyclic) bond motifs is 1. The van der Waals surface area contributed by atoms with Crippen LogP contribution >= 0.6 is 11.8 Å². The smallest absolute Gasteiger partial charge is 0.200 e. The summed E-state index contributed by atoms with van der Waals surface area (Å²) in [5.74, 6) is 0.0573. The molecule has 2 aromatic heterocycles. The molecule has 1 fully saturated rings. The molecule has 22 heavy (non-hydrogen) atoms. The largest absolute Gasteiger partial charge is 0.395 e. The summed E-state index contributed by atoms with van der Waals surface area (Å²) in [6, 6.07) is 0. The van der Waals surface area contributed by atoms with Crippen LogP contribution < -0.4 is 5.73 Å². The highest BCUT2D eigenvalue weighted by atomic mass is 32.2. The van der Waals surface area contributed by atoms with Crippen molar-refractivity contribution >= 4 is 34.7 Å². The number of rotatable bonds is 3. The first-order chi connectivity index (χ1) is 10.6. The number of aliphatic hydroxyl groups is 3. The highest BCUT2D eigenvalue weighted by molar-refractivity contribution is 8.00. The van der Waals surface area contributed by atoms with Gasteiger partial charge in [0.05, 0.1) is 18.0 Å². The van der Waals surface area contributed by atoms with Gasteiger partial charge < -0.3 is 21.1 Å². The molecule has 0 spiro atoms. The fourth-order valence-corrected chi connectivity index (χ4v) is 3.76. The van der Waals surface area contributed by atoms with Crippen LogP contribution in [0.25, 0.3) is 21.6 Å². The van der Waals surface area contributed by atoms with E-state index in [4.69, 9.17) is 11.3 Å². The van der Waals surface area contributed by atoms with Crippen LogP contribution in [0.3, 0.4) is 0 Å². The summed E-state index contributed by atoms with van der Waals surface area (Å²) in [5, 5.41) is 31.6. The Kier molecular flexibility index (Phi) is 3.76. The summed E-state index contributed by atoms with van der Waals surface area (Å²) < 4.78 is 1.39. The lowest BCUT2D eigenvalue weighted by molar-refractivity contribution is 0.0115. The van der Waals surface area contributed by atoms with Crippen molar-refractivity contribution in [3.8, 4) is 0 Å². The Balaban J connectivity index is 2.19. The van der Waals surface area contributed by atoms with Crippen LogP contribution in [0.1, 0.15) is 5.37 Å². The van der Waals surface area contributed by atoms with E-state index in [1.165, 1.54) is 10.9 Å². The number of anilines is 1. The van der Waals surface area contributed by atoms with Gasteiger partial charge in [-0.05, 0) is 10.6 Å². The zero-order valence-corrected chi connectivity index (χ0v) is 11.9. The van der Waals surface area contributed by atoms with Crippen LogP contribution in [0, 0.1) is 0 Å². The number of nitrogens with two attached hydrogens (primary N) is 1. The summed E-state index contributed by atoms with van der Waals surface area (Å²) in [6.07, 6.45) is -1.10. The minimum atomic E-state index is -1.19. The van der Waals surface area contributed by atoms with Gasteiger partial charge in [-0.2, -0.15) is 0 Å². The molecular weight excluding hydrogens is 312 g/mol. The van der Waals surface area contributed by atoms with Gasteiger partial charge in [-0.15, -0.1) is 11.8 Å². The molecule has 0 aromatic carbocycles. The Labute approximate surface area is 127 Å². The predicted octanol–water partition coefficient (Wildman–Crippen LogP) is -0.322. The van der Waals surface area contributed by atoms with E-state index in [1.54, 1.807) is 0 Å². The number of hydrogen-bond donors (Lipinski definition) is 4. The minimum Gasteiger partial charge on any atom is -0.395 e. The Morgan fingerprint density at radius 1 is 1.41 bits per heavy atom. The van der Waals surface area contributed by atoms with E-state index in [-0.39, 0.29) is 29.5 Å². The summed E-state index contributed by atoms with van der Waals surface area (Å²) in [4.78, 5) is 14.6. The molecule has 3 rings (SSSR count). The van der Waals surface area contributed by atoms with Crippen molar-refractivity contribution in [3.05, 3.63) is 16.8 Å². The van der Waals surface area contributed by atoms with Gasteiger partial charge in [-0.25, -0.2) is 15.0 Å². The van der Waals surface area contributed by atoms with E-state index in [0.29, 0.717) is 0 Å². The Morgan fingerprint density at radius 3 is 2.82 bits per heavy atom. The molecule has 0 radical (unpaired) electrons. The lowest BCUT2D eigenvalue weighted by Crippen LogP contribution is -2.32. The molecule has 4 atom stereocenters. The van der Waals surface area contributed by atoms with E-state index in [0.717, 1.165) is 11.8 Å². The number of imidazole rings is 1.